The number of allylic oxidation sites excluding steroid dienone is 2. The van der Waals surface area contributed by atoms with Crippen molar-refractivity contribution in [2.24, 2.45) is 0 Å². The highest BCUT2D eigenvalue weighted by Gasteiger charge is 2.19. The Morgan fingerprint density at radius 1 is 0.955 bits per heavy atom. The Hall–Kier alpha value is -2.22. The predicted octanol–water partition coefficient (Wildman–Crippen LogP) is 5.54. The molecule has 0 aromatic heterocycles. The largest absolute Gasteiger partial charge is 0.496 e. The molecule has 0 heterocycles. The van der Waals surface area contributed by atoms with Gasteiger partial charge in [0.15, 0.2) is 0 Å². The van der Waals surface area contributed by atoms with Crippen molar-refractivity contribution in [2.45, 2.75) is 27.7 Å². The summed E-state index contributed by atoms with van der Waals surface area (Å²) in [5.41, 5.74) is 6.51. The zero-order chi connectivity index (χ0) is 16.6. The number of ether oxygens (including phenoxy) is 2. The second-order valence-corrected chi connectivity index (χ2v) is 5.84. The lowest BCUT2D eigenvalue weighted by Gasteiger charge is -2.20. The van der Waals surface area contributed by atoms with E-state index in [1.165, 1.54) is 0 Å². The molecule has 116 valence electrons. The van der Waals surface area contributed by atoms with Crippen molar-refractivity contribution in [3.05, 3.63) is 47.5 Å². The predicted molar refractivity (Wildman–Crippen MR) is 95.9 cm³/mol. The molecule has 0 unspecified atom stereocenters. The van der Waals surface area contributed by atoms with E-state index in [2.05, 4.69) is 26.1 Å². The van der Waals surface area contributed by atoms with Crippen LogP contribution < -0.4 is 9.47 Å². The average molecular weight is 296 g/mol. The first kappa shape index (κ1) is 16.2. The molecule has 2 rings (SSSR count). The molecule has 0 saturated heterocycles. The lowest BCUT2D eigenvalue weighted by atomic mass is 9.87. The maximum Gasteiger partial charge on any atom is 0.129 e. The summed E-state index contributed by atoms with van der Waals surface area (Å²) in [6.45, 7) is 16.4. The van der Waals surface area contributed by atoms with Crippen LogP contribution in [0.5, 0.6) is 11.5 Å². The Morgan fingerprint density at radius 2 is 1.59 bits per heavy atom. The Balaban J connectivity index is 3.11. The number of methoxy groups -OCH3 is 2. The van der Waals surface area contributed by atoms with Crippen LogP contribution in [0, 0.1) is 13.8 Å². The zero-order valence-electron chi connectivity index (χ0n) is 14.4. The number of benzene rings is 2. The van der Waals surface area contributed by atoms with Gasteiger partial charge >= 0.3 is 0 Å². The summed E-state index contributed by atoms with van der Waals surface area (Å²) < 4.78 is 11.3. The monoisotopic (exact) mass is 296 g/mol. The van der Waals surface area contributed by atoms with E-state index in [0.29, 0.717) is 0 Å². The van der Waals surface area contributed by atoms with Gasteiger partial charge in [0.25, 0.3) is 0 Å². The topological polar surface area (TPSA) is 18.5 Å². The van der Waals surface area contributed by atoms with E-state index >= 15 is 0 Å². The molecule has 0 bridgehead atoms. The van der Waals surface area contributed by atoms with Crippen molar-refractivity contribution in [3.63, 3.8) is 0 Å². The van der Waals surface area contributed by atoms with Crippen LogP contribution in [0.15, 0.2) is 25.3 Å². The summed E-state index contributed by atoms with van der Waals surface area (Å²) in [4.78, 5) is 0. The van der Waals surface area contributed by atoms with Crippen molar-refractivity contribution in [2.75, 3.05) is 14.2 Å². The number of aryl methyl sites for hydroxylation is 2. The third-order valence-corrected chi connectivity index (χ3v) is 4.08. The van der Waals surface area contributed by atoms with Gasteiger partial charge in [-0.25, -0.2) is 0 Å². The molecule has 0 spiro atoms. The summed E-state index contributed by atoms with van der Waals surface area (Å²) in [5.74, 6) is 1.75. The van der Waals surface area contributed by atoms with E-state index in [-0.39, 0.29) is 0 Å². The minimum absolute atomic E-state index is 0.863. The first-order chi connectivity index (χ1) is 10.3. The summed E-state index contributed by atoms with van der Waals surface area (Å²) >= 11 is 0. The van der Waals surface area contributed by atoms with Crippen LogP contribution in [0.1, 0.15) is 36.1 Å². The van der Waals surface area contributed by atoms with Crippen LogP contribution in [-0.4, -0.2) is 14.2 Å². The third-order valence-electron chi connectivity index (χ3n) is 4.08. The van der Waals surface area contributed by atoms with Crippen molar-refractivity contribution in [1.29, 1.82) is 0 Å². The lowest BCUT2D eigenvalue weighted by molar-refractivity contribution is 0.408. The van der Waals surface area contributed by atoms with Crippen LogP contribution in [0.4, 0.5) is 0 Å². The van der Waals surface area contributed by atoms with E-state index in [1.807, 2.05) is 26.8 Å². The zero-order valence-corrected chi connectivity index (χ0v) is 14.4. The molecule has 0 aliphatic carbocycles. The maximum absolute atomic E-state index is 5.64. The van der Waals surface area contributed by atoms with Gasteiger partial charge in [0.2, 0.25) is 0 Å². The van der Waals surface area contributed by atoms with Crippen LogP contribution in [0.25, 0.3) is 21.9 Å². The molecule has 22 heavy (non-hydrogen) atoms. The molecular weight excluding hydrogens is 272 g/mol. The maximum atomic E-state index is 5.64. The molecule has 2 heteroatoms. The van der Waals surface area contributed by atoms with Gasteiger partial charge in [-0.1, -0.05) is 24.3 Å². The molecule has 0 aliphatic heterocycles. The molecule has 2 nitrogen and oxygen atoms in total. The smallest absolute Gasteiger partial charge is 0.129 e. The molecule has 0 fully saturated rings. The summed E-state index contributed by atoms with van der Waals surface area (Å²) in [7, 11) is 3.41. The molecule has 0 atom stereocenters. The molecule has 0 aliphatic rings. The van der Waals surface area contributed by atoms with Crippen LogP contribution in [-0.2, 0) is 0 Å². The Labute approximate surface area is 133 Å². The Bertz CT molecular complexity index is 782. The van der Waals surface area contributed by atoms with Gasteiger partial charge in [-0.15, -0.1) is 0 Å². The van der Waals surface area contributed by atoms with E-state index in [4.69, 9.17) is 9.47 Å². The second-order valence-electron chi connectivity index (χ2n) is 5.84. The fourth-order valence-electron chi connectivity index (χ4n) is 3.18. The van der Waals surface area contributed by atoms with E-state index in [1.54, 1.807) is 14.2 Å². The molecular formula is C20H24O2. The van der Waals surface area contributed by atoms with Gasteiger partial charge in [-0.2, -0.15) is 0 Å². The third kappa shape index (κ3) is 2.39. The van der Waals surface area contributed by atoms with Gasteiger partial charge in [-0.3, -0.25) is 0 Å². The normalized spacial score (nSPS) is 10.6. The number of fused-ring (bicyclic) bond motifs is 1. The van der Waals surface area contributed by atoms with E-state index in [0.717, 1.165) is 55.7 Å². The first-order valence-electron chi connectivity index (χ1n) is 7.34. The molecule has 2 aromatic carbocycles. The molecule has 2 aromatic rings. The minimum atomic E-state index is 0.863. The fraction of sp³-hybridized carbons (Fsp3) is 0.300. The SMILES string of the molecule is C=C(C)c1cc2c(OC)c(C)cc(OC)c2c(C)c1C(=C)C. The summed E-state index contributed by atoms with van der Waals surface area (Å²) in [5, 5.41) is 2.13. The van der Waals surface area contributed by atoms with Gasteiger partial charge < -0.3 is 9.47 Å². The number of rotatable bonds is 4. The highest BCUT2D eigenvalue weighted by molar-refractivity contribution is 6.02. The van der Waals surface area contributed by atoms with Crippen molar-refractivity contribution in [3.8, 4) is 11.5 Å². The molecule has 0 radical (unpaired) electrons. The van der Waals surface area contributed by atoms with Gasteiger partial charge in [0.05, 0.1) is 14.2 Å². The summed E-state index contributed by atoms with van der Waals surface area (Å²) in [6, 6.07) is 4.17. The highest BCUT2D eigenvalue weighted by Crippen LogP contribution is 2.42. The quantitative estimate of drug-likeness (QED) is 0.737. The first-order valence-corrected chi connectivity index (χ1v) is 7.34. The Kier molecular flexibility index (Phi) is 4.32. The van der Waals surface area contributed by atoms with Crippen LogP contribution in [0.2, 0.25) is 0 Å². The van der Waals surface area contributed by atoms with Crippen LogP contribution in [0.3, 0.4) is 0 Å². The fourth-order valence-corrected chi connectivity index (χ4v) is 3.18. The summed E-state index contributed by atoms with van der Waals surface area (Å²) in [6.07, 6.45) is 0. The van der Waals surface area contributed by atoms with Crippen molar-refractivity contribution in [1.82, 2.24) is 0 Å². The number of hydrogen-bond acceptors (Lipinski definition) is 2. The van der Waals surface area contributed by atoms with E-state index < -0.39 is 0 Å². The minimum Gasteiger partial charge on any atom is -0.496 e. The standard InChI is InChI=1S/C20H24O2/c1-11(2)15-10-16-19(14(6)18(15)12(3)4)17(21-7)9-13(5)20(16)22-8/h9-10H,1,3H2,2,4-8H3. The lowest BCUT2D eigenvalue weighted by Crippen LogP contribution is -2.00. The molecule has 0 saturated carbocycles. The second kappa shape index (κ2) is 5.88. The number of hydrogen-bond donors (Lipinski definition) is 0. The molecule has 0 amide bonds. The average Bonchev–Trinajstić information content (AvgIpc) is 2.45. The van der Waals surface area contributed by atoms with E-state index in [9.17, 15) is 0 Å². The highest BCUT2D eigenvalue weighted by atomic mass is 16.5. The van der Waals surface area contributed by atoms with Crippen molar-refractivity contribution >= 4 is 21.9 Å². The van der Waals surface area contributed by atoms with Crippen molar-refractivity contribution < 1.29 is 9.47 Å². The Morgan fingerprint density at radius 3 is 2.05 bits per heavy atom. The van der Waals surface area contributed by atoms with Crippen LogP contribution >= 0.6 is 0 Å². The van der Waals surface area contributed by atoms with Gasteiger partial charge in [-0.05, 0) is 62.1 Å². The molecule has 0 N–H and O–H groups in total. The van der Waals surface area contributed by atoms with Gasteiger partial charge in [0.1, 0.15) is 11.5 Å². The van der Waals surface area contributed by atoms with Gasteiger partial charge in [0, 0.05) is 10.8 Å².